The van der Waals surface area contributed by atoms with E-state index in [1.807, 2.05) is 0 Å². The van der Waals surface area contributed by atoms with Gasteiger partial charge in [0.2, 0.25) is 0 Å². The van der Waals surface area contributed by atoms with Crippen LogP contribution in [0.25, 0.3) is 0 Å². The molecule has 0 atom stereocenters. The highest BCUT2D eigenvalue weighted by Gasteiger charge is 2.13. The molecule has 3 heteroatoms. The third-order valence-corrected chi connectivity index (χ3v) is 6.08. The van der Waals surface area contributed by atoms with Crippen LogP contribution in [-0.4, -0.2) is 18.8 Å². The fourth-order valence-electron chi connectivity index (χ4n) is 1.26. The highest BCUT2D eigenvalue weighted by Crippen LogP contribution is 2.21. The Morgan fingerprint density at radius 3 is 2.33 bits per heavy atom. The second kappa shape index (κ2) is 4.47. The summed E-state index contributed by atoms with van der Waals surface area (Å²) in [5.41, 5.74) is 1.47. The van der Waals surface area contributed by atoms with Crippen LogP contribution in [0.2, 0.25) is 19.6 Å². The average molecular weight is 201 g/mol. The lowest BCUT2D eigenvalue weighted by Crippen LogP contribution is -2.14. The Bertz CT molecular complexity index is 164. The summed E-state index contributed by atoms with van der Waals surface area (Å²) in [6, 6.07) is 0. The third kappa shape index (κ3) is 4.31. The molecule has 0 spiro atoms. The summed E-state index contributed by atoms with van der Waals surface area (Å²) in [7, 11) is -0.920. The number of rotatable bonds is 3. The molecule has 0 unspecified atom stereocenters. The zero-order valence-corrected chi connectivity index (χ0v) is 10.2. The Morgan fingerprint density at radius 2 is 1.83 bits per heavy atom. The van der Waals surface area contributed by atoms with Gasteiger partial charge in [-0.3, -0.25) is 4.99 Å². The average Bonchev–Trinajstić information content (AvgIpc) is 2.36. The maximum absolute atomic E-state index is 4.62. The molecule has 0 amide bonds. The molecule has 0 aliphatic heterocycles. The zero-order valence-electron chi connectivity index (χ0n) is 8.39. The fraction of sp³-hybridized carbons (Fsp3) is 0.889. The Labute approximate surface area is 80.7 Å². The quantitative estimate of drug-likeness (QED) is 0.636. The molecule has 1 rings (SSSR count). The van der Waals surface area contributed by atoms with E-state index < -0.39 is 7.22 Å². The Morgan fingerprint density at radius 1 is 1.25 bits per heavy atom. The summed E-state index contributed by atoms with van der Waals surface area (Å²) < 4.78 is 0. The predicted octanol–water partition coefficient (Wildman–Crippen LogP) is 3.53. The van der Waals surface area contributed by atoms with Gasteiger partial charge in [-0.15, -0.1) is 0 Å². The summed E-state index contributed by atoms with van der Waals surface area (Å²) in [6.07, 6.45) is 5.28. The SMILES string of the molecule is C[Si](C)(C)SCN=C1CCCC1. The zero-order chi connectivity index (χ0) is 9.03. The minimum Gasteiger partial charge on any atom is -0.284 e. The Kier molecular flexibility index (Phi) is 3.84. The van der Waals surface area contributed by atoms with Gasteiger partial charge in [-0.05, 0) is 25.7 Å². The lowest BCUT2D eigenvalue weighted by molar-refractivity contribution is 0.886. The van der Waals surface area contributed by atoms with E-state index in [2.05, 4.69) is 35.8 Å². The van der Waals surface area contributed by atoms with Crippen LogP contribution < -0.4 is 0 Å². The molecular formula is C9H19NSSi. The lowest BCUT2D eigenvalue weighted by atomic mass is 10.3. The summed E-state index contributed by atoms with van der Waals surface area (Å²) in [5.74, 6) is 1.02. The molecule has 1 nitrogen and oxygen atoms in total. The minimum absolute atomic E-state index is 0.920. The van der Waals surface area contributed by atoms with Crippen LogP contribution in [0.15, 0.2) is 4.99 Å². The third-order valence-electron chi connectivity index (χ3n) is 1.97. The topological polar surface area (TPSA) is 12.4 Å². The molecule has 0 aromatic carbocycles. The van der Waals surface area contributed by atoms with Crippen molar-refractivity contribution in [2.24, 2.45) is 4.99 Å². The van der Waals surface area contributed by atoms with Gasteiger partial charge < -0.3 is 0 Å². The number of aliphatic imine (C=N–C) groups is 1. The van der Waals surface area contributed by atoms with Gasteiger partial charge in [0, 0.05) is 5.71 Å². The van der Waals surface area contributed by atoms with E-state index in [0.717, 1.165) is 5.88 Å². The van der Waals surface area contributed by atoms with E-state index in [1.54, 1.807) is 0 Å². The largest absolute Gasteiger partial charge is 0.284 e. The molecule has 1 saturated carbocycles. The highest BCUT2D eigenvalue weighted by atomic mass is 32.4. The normalized spacial score (nSPS) is 18.4. The van der Waals surface area contributed by atoms with Gasteiger partial charge >= 0.3 is 0 Å². The molecule has 0 aromatic heterocycles. The van der Waals surface area contributed by atoms with Crippen LogP contribution >= 0.6 is 11.2 Å². The van der Waals surface area contributed by atoms with Crippen molar-refractivity contribution in [2.75, 3.05) is 5.88 Å². The number of hydrogen-bond donors (Lipinski definition) is 0. The van der Waals surface area contributed by atoms with Crippen LogP contribution in [0.3, 0.4) is 0 Å². The van der Waals surface area contributed by atoms with E-state index in [-0.39, 0.29) is 0 Å². The summed E-state index contributed by atoms with van der Waals surface area (Å²) >= 11 is 2.07. The van der Waals surface area contributed by atoms with E-state index in [4.69, 9.17) is 0 Å². The first-order valence-corrected chi connectivity index (χ1v) is 9.95. The van der Waals surface area contributed by atoms with Crippen molar-refractivity contribution in [3.05, 3.63) is 0 Å². The Hall–Kier alpha value is 0.237. The summed E-state index contributed by atoms with van der Waals surface area (Å²) in [4.78, 5) is 4.62. The molecule has 0 heterocycles. The maximum Gasteiger partial charge on any atom is 0.110 e. The molecule has 0 radical (unpaired) electrons. The van der Waals surface area contributed by atoms with Gasteiger partial charge in [0.05, 0.1) is 5.88 Å². The van der Waals surface area contributed by atoms with Crippen molar-refractivity contribution < 1.29 is 0 Å². The first-order valence-electron chi connectivity index (χ1n) is 4.74. The van der Waals surface area contributed by atoms with Crippen LogP contribution in [0.5, 0.6) is 0 Å². The molecule has 0 aromatic rings. The van der Waals surface area contributed by atoms with E-state index >= 15 is 0 Å². The molecule has 0 N–H and O–H groups in total. The van der Waals surface area contributed by atoms with Crippen LogP contribution in [0.1, 0.15) is 25.7 Å². The molecule has 0 bridgehead atoms. The Balaban J connectivity index is 2.20. The van der Waals surface area contributed by atoms with Crippen LogP contribution in [0.4, 0.5) is 0 Å². The summed E-state index contributed by atoms with van der Waals surface area (Å²) in [5, 5.41) is 0. The van der Waals surface area contributed by atoms with Gasteiger partial charge in [-0.2, -0.15) is 11.2 Å². The molecular weight excluding hydrogens is 182 g/mol. The number of nitrogens with zero attached hydrogens (tertiary/aromatic N) is 1. The van der Waals surface area contributed by atoms with Gasteiger partial charge in [0.15, 0.2) is 0 Å². The highest BCUT2D eigenvalue weighted by molar-refractivity contribution is 8.28. The molecule has 70 valence electrons. The van der Waals surface area contributed by atoms with Crippen molar-refractivity contribution in [1.29, 1.82) is 0 Å². The molecule has 1 fully saturated rings. The minimum atomic E-state index is -0.920. The van der Waals surface area contributed by atoms with Gasteiger partial charge in [-0.25, -0.2) is 0 Å². The second-order valence-electron chi connectivity index (χ2n) is 4.32. The standard InChI is InChI=1S/C9H19NSSi/c1-12(2,3)11-8-10-9-6-4-5-7-9/h4-8H2,1-3H3. The molecule has 1 aliphatic carbocycles. The second-order valence-corrected chi connectivity index (χ2v) is 13.6. The maximum atomic E-state index is 4.62. The fourth-order valence-corrected chi connectivity index (χ4v) is 3.25. The molecule has 0 saturated heterocycles. The van der Waals surface area contributed by atoms with E-state index in [9.17, 15) is 0 Å². The van der Waals surface area contributed by atoms with Crippen molar-refractivity contribution >= 4 is 24.1 Å². The first-order chi connectivity index (χ1) is 5.58. The monoisotopic (exact) mass is 201 g/mol. The number of hydrogen-bond acceptors (Lipinski definition) is 2. The van der Waals surface area contributed by atoms with Crippen molar-refractivity contribution in [3.8, 4) is 0 Å². The van der Waals surface area contributed by atoms with E-state index in [1.165, 1.54) is 31.4 Å². The van der Waals surface area contributed by atoms with Crippen LogP contribution in [0, 0.1) is 0 Å². The first kappa shape index (κ1) is 10.3. The van der Waals surface area contributed by atoms with Crippen molar-refractivity contribution in [3.63, 3.8) is 0 Å². The molecule has 1 aliphatic rings. The van der Waals surface area contributed by atoms with Gasteiger partial charge in [-0.1, -0.05) is 19.6 Å². The summed E-state index contributed by atoms with van der Waals surface area (Å²) in [6.45, 7) is 7.14. The predicted molar refractivity (Wildman–Crippen MR) is 61.7 cm³/mol. The van der Waals surface area contributed by atoms with Crippen molar-refractivity contribution in [2.45, 2.75) is 45.3 Å². The van der Waals surface area contributed by atoms with Crippen LogP contribution in [-0.2, 0) is 0 Å². The van der Waals surface area contributed by atoms with Gasteiger partial charge in [0.1, 0.15) is 7.22 Å². The van der Waals surface area contributed by atoms with E-state index in [0.29, 0.717) is 0 Å². The van der Waals surface area contributed by atoms with Crippen molar-refractivity contribution in [1.82, 2.24) is 0 Å². The van der Waals surface area contributed by atoms with Gasteiger partial charge in [0.25, 0.3) is 0 Å². The molecule has 12 heavy (non-hydrogen) atoms. The lowest BCUT2D eigenvalue weighted by Gasteiger charge is -2.12. The smallest absolute Gasteiger partial charge is 0.110 e.